The molecule has 0 spiro atoms. The molecule has 2 nitrogen and oxygen atoms in total. The Hall–Kier alpha value is -2.01. The fraction of sp³-hybridized carbons (Fsp3) is 0.343. The largest absolute Gasteiger partial charge is 0.673 e. The molecule has 1 aliphatic carbocycles. The van der Waals surface area contributed by atoms with Crippen LogP contribution in [0.1, 0.15) is 63.1 Å². The molecule has 0 bridgehead atoms. The Bertz CT molecular complexity index is 1250. The average Bonchev–Trinajstić information content (AvgIpc) is 3.42. The SMILES string of the molecule is Cc1ccccc1P(c1ccccc1C)c1ccccc1C1=N[C@@H](C(C)(C)C)CO1.F[B-](F)(F)F.[CH]1[CH]CC[CH][CH]CC1.[Ir]. The van der Waals surface area contributed by atoms with Crippen molar-refractivity contribution >= 4 is 37.0 Å². The normalized spacial score (nSPS) is 17.0. The van der Waals surface area contributed by atoms with Crippen LogP contribution in [0.15, 0.2) is 77.8 Å². The molecular weight excluding hydrogens is 760 g/mol. The van der Waals surface area contributed by atoms with Crippen molar-refractivity contribution in [3.8, 4) is 0 Å². The first-order chi connectivity index (χ1) is 20.4. The minimum Gasteiger partial charge on any atom is -0.475 e. The molecule has 3 aromatic rings. The van der Waals surface area contributed by atoms with E-state index in [0.29, 0.717) is 6.61 Å². The number of rotatable bonds is 4. The number of ether oxygens (including phenoxy) is 1. The molecule has 44 heavy (non-hydrogen) atoms. The van der Waals surface area contributed by atoms with Gasteiger partial charge in [-0.25, -0.2) is 4.99 Å². The number of nitrogens with zero attached hydrogens (tertiary/aromatic N) is 1. The molecule has 0 aromatic heterocycles. The molecule has 0 saturated heterocycles. The number of benzene rings is 3. The van der Waals surface area contributed by atoms with Crippen LogP contribution < -0.4 is 15.9 Å². The summed E-state index contributed by atoms with van der Waals surface area (Å²) >= 11 is 0. The molecular formula is C35H42BF4IrNOP-. The topological polar surface area (TPSA) is 21.6 Å². The van der Waals surface area contributed by atoms with Gasteiger partial charge in [-0.2, -0.15) is 0 Å². The third-order valence-electron chi connectivity index (χ3n) is 7.07. The van der Waals surface area contributed by atoms with Crippen LogP contribution in [0.4, 0.5) is 17.3 Å². The average molecular weight is 803 g/mol. The van der Waals surface area contributed by atoms with Crippen LogP contribution in [0.2, 0.25) is 0 Å². The van der Waals surface area contributed by atoms with E-state index < -0.39 is 15.2 Å². The fourth-order valence-corrected chi connectivity index (χ4v) is 7.44. The van der Waals surface area contributed by atoms with Gasteiger partial charge in [-0.3, -0.25) is 0 Å². The Morgan fingerprint density at radius 1 is 0.682 bits per heavy atom. The summed E-state index contributed by atoms with van der Waals surface area (Å²) in [5.41, 5.74) is 3.86. The van der Waals surface area contributed by atoms with Crippen molar-refractivity contribution in [1.29, 1.82) is 0 Å². The number of hydrogen-bond acceptors (Lipinski definition) is 2. The molecule has 1 atom stereocenters. The Labute approximate surface area is 276 Å². The molecule has 3 aromatic carbocycles. The van der Waals surface area contributed by atoms with Crippen molar-refractivity contribution in [2.45, 2.75) is 66.3 Å². The van der Waals surface area contributed by atoms with Crippen molar-refractivity contribution in [2.24, 2.45) is 10.4 Å². The van der Waals surface area contributed by atoms with E-state index in [4.69, 9.17) is 9.73 Å². The van der Waals surface area contributed by atoms with Crippen molar-refractivity contribution in [3.63, 3.8) is 0 Å². The standard InChI is InChI=1S/C27H30NOP.C8H12.BF4.Ir/c1-19-12-6-9-15-22(19)30(23-16-10-7-13-20(23)2)24-17-11-8-14-21(24)26-28-25(18-29-26)27(3,4)5;1-2-4-6-8-7-5-3-1;2-1(3,4)5;/h6-17,25H,18H2,1-5H3;1-2,7-8H,3-6H2;;/q;;-1;/t25-;;;/m1.../s1. The summed E-state index contributed by atoms with van der Waals surface area (Å²) in [6.07, 6.45) is 14.0. The quantitative estimate of drug-likeness (QED) is 0.147. The molecule has 1 saturated carbocycles. The van der Waals surface area contributed by atoms with Crippen LogP contribution in [0.3, 0.4) is 0 Å². The van der Waals surface area contributed by atoms with Gasteiger partial charge in [0.15, 0.2) is 0 Å². The molecule has 1 aliphatic heterocycles. The first-order valence-electron chi connectivity index (χ1n) is 14.7. The van der Waals surface area contributed by atoms with Crippen LogP contribution in [0.25, 0.3) is 0 Å². The second-order valence-corrected chi connectivity index (χ2v) is 13.8. The van der Waals surface area contributed by atoms with Crippen molar-refractivity contribution in [3.05, 3.63) is 115 Å². The van der Waals surface area contributed by atoms with Gasteiger partial charge in [0.2, 0.25) is 5.90 Å². The molecule has 1 heterocycles. The molecule has 5 rings (SSSR count). The third-order valence-corrected chi connectivity index (χ3v) is 9.91. The molecule has 1 fully saturated rings. The van der Waals surface area contributed by atoms with Gasteiger partial charge in [-0.15, -0.1) is 0 Å². The van der Waals surface area contributed by atoms with E-state index in [0.717, 1.165) is 11.5 Å². The maximum absolute atomic E-state index is 9.75. The van der Waals surface area contributed by atoms with E-state index in [1.807, 2.05) is 0 Å². The zero-order valence-electron chi connectivity index (χ0n) is 26.1. The zero-order chi connectivity index (χ0) is 31.5. The summed E-state index contributed by atoms with van der Waals surface area (Å²) in [6, 6.07) is 26.4. The first kappa shape index (κ1) is 38.2. The number of halogens is 4. The van der Waals surface area contributed by atoms with Gasteiger partial charge in [-0.05, 0) is 112 Å². The molecule has 0 amide bonds. The molecule has 239 valence electrons. The van der Waals surface area contributed by atoms with Gasteiger partial charge in [0.05, 0.1) is 6.04 Å². The van der Waals surface area contributed by atoms with Gasteiger partial charge < -0.3 is 22.0 Å². The van der Waals surface area contributed by atoms with Gasteiger partial charge in [0, 0.05) is 25.7 Å². The Balaban J connectivity index is 0.000000402. The maximum atomic E-state index is 9.75. The number of aliphatic imine (C=N–C) groups is 1. The summed E-state index contributed by atoms with van der Waals surface area (Å²) in [4.78, 5) is 5.01. The van der Waals surface area contributed by atoms with Crippen LogP contribution >= 0.6 is 7.92 Å². The van der Waals surface area contributed by atoms with E-state index in [1.165, 1.54) is 52.7 Å². The van der Waals surface area contributed by atoms with Crippen LogP contribution in [-0.2, 0) is 24.8 Å². The third kappa shape index (κ3) is 12.4. The van der Waals surface area contributed by atoms with E-state index in [2.05, 4.69) is 133 Å². The monoisotopic (exact) mass is 803 g/mol. The fourth-order valence-electron chi connectivity index (χ4n) is 4.69. The van der Waals surface area contributed by atoms with E-state index in [9.17, 15) is 17.3 Å². The van der Waals surface area contributed by atoms with Gasteiger partial charge in [-0.1, -0.05) is 87.5 Å². The van der Waals surface area contributed by atoms with Gasteiger partial charge >= 0.3 is 7.25 Å². The van der Waals surface area contributed by atoms with Crippen LogP contribution in [0, 0.1) is 44.9 Å². The number of hydrogen-bond donors (Lipinski definition) is 0. The van der Waals surface area contributed by atoms with Gasteiger partial charge in [0.1, 0.15) is 6.61 Å². The molecule has 9 heteroatoms. The minimum absolute atomic E-state index is 0. The minimum atomic E-state index is -6.00. The van der Waals surface area contributed by atoms with Crippen molar-refractivity contribution in [2.75, 3.05) is 6.61 Å². The Morgan fingerprint density at radius 3 is 1.45 bits per heavy atom. The van der Waals surface area contributed by atoms with E-state index in [1.54, 1.807) is 0 Å². The van der Waals surface area contributed by atoms with Crippen LogP contribution in [-0.4, -0.2) is 25.8 Å². The summed E-state index contributed by atoms with van der Waals surface area (Å²) < 4.78 is 45.2. The Kier molecular flexibility index (Phi) is 15.8. The summed E-state index contributed by atoms with van der Waals surface area (Å²) in [6.45, 7) is 11.8. The van der Waals surface area contributed by atoms with Gasteiger partial charge in [0.25, 0.3) is 0 Å². The molecule has 0 unspecified atom stereocenters. The Morgan fingerprint density at radius 2 is 1.07 bits per heavy atom. The zero-order valence-corrected chi connectivity index (χ0v) is 29.4. The first-order valence-corrected chi connectivity index (χ1v) is 16.1. The van der Waals surface area contributed by atoms with Crippen LogP contribution in [0.5, 0.6) is 0 Å². The predicted molar refractivity (Wildman–Crippen MR) is 176 cm³/mol. The molecule has 0 N–H and O–H groups in total. The molecule has 2 aliphatic rings. The van der Waals surface area contributed by atoms with E-state index in [-0.39, 0.29) is 31.6 Å². The second-order valence-electron chi connectivity index (χ2n) is 11.6. The smallest absolute Gasteiger partial charge is 0.475 e. The summed E-state index contributed by atoms with van der Waals surface area (Å²) in [7, 11) is -6.73. The maximum Gasteiger partial charge on any atom is 0.673 e. The van der Waals surface area contributed by atoms with E-state index >= 15 is 0 Å². The van der Waals surface area contributed by atoms with Crippen molar-refractivity contribution < 1.29 is 42.1 Å². The van der Waals surface area contributed by atoms with Crippen molar-refractivity contribution in [1.82, 2.24) is 0 Å². The second kappa shape index (κ2) is 18.2. The molecule has 5 radical (unpaired) electrons. The predicted octanol–water partition coefficient (Wildman–Crippen LogP) is 8.93. The number of aryl methyl sites for hydroxylation is 2. The summed E-state index contributed by atoms with van der Waals surface area (Å²) in [5, 5.41) is 4.09. The summed E-state index contributed by atoms with van der Waals surface area (Å²) in [5.74, 6) is 0.792.